The predicted octanol–water partition coefficient (Wildman–Crippen LogP) is 3.30. The van der Waals surface area contributed by atoms with Crippen LogP contribution in [0.3, 0.4) is 0 Å². The molecule has 3 amide bonds. The lowest BCUT2D eigenvalue weighted by Gasteiger charge is -2.36. The Morgan fingerprint density at radius 3 is 2.37 bits per heavy atom. The first-order valence-electron chi connectivity index (χ1n) is 11.4. The standard InChI is InChI=1S/C25H29ClN6O2S/c1-30-21(17-35-24(30)27)16-31-11-13-32(14-12-31)23(33)22(15-18-5-3-2-4-6-18)29-25(34)28-20-9-7-19(26)8-10-20/h2-10,17,22,27H,11-16H2,1H3,(H2,28,29,34)/t22-/m1/s1. The van der Waals surface area contributed by atoms with Crippen LogP contribution < -0.4 is 15.4 Å². The molecule has 0 unspecified atom stereocenters. The maximum Gasteiger partial charge on any atom is 0.319 e. The van der Waals surface area contributed by atoms with Crippen molar-refractivity contribution in [3.8, 4) is 0 Å². The Bertz CT molecular complexity index is 1200. The molecular weight excluding hydrogens is 484 g/mol. The van der Waals surface area contributed by atoms with E-state index in [0.717, 1.165) is 30.9 Å². The van der Waals surface area contributed by atoms with Crippen LogP contribution in [-0.2, 0) is 24.8 Å². The summed E-state index contributed by atoms with van der Waals surface area (Å²) in [6.45, 7) is 3.41. The van der Waals surface area contributed by atoms with Gasteiger partial charge in [0.2, 0.25) is 5.91 Å². The number of anilines is 1. The summed E-state index contributed by atoms with van der Waals surface area (Å²) in [7, 11) is 1.91. The molecule has 1 fully saturated rings. The fraction of sp³-hybridized carbons (Fsp3) is 0.320. The summed E-state index contributed by atoms with van der Waals surface area (Å²) in [6.07, 6.45) is 0.408. The minimum absolute atomic E-state index is 0.0886. The number of rotatable bonds is 7. The highest BCUT2D eigenvalue weighted by Gasteiger charge is 2.29. The zero-order chi connectivity index (χ0) is 24.8. The van der Waals surface area contributed by atoms with E-state index >= 15 is 0 Å². The molecular formula is C25H29ClN6O2S. The van der Waals surface area contributed by atoms with E-state index in [9.17, 15) is 9.59 Å². The van der Waals surface area contributed by atoms with E-state index in [2.05, 4.69) is 15.5 Å². The molecule has 3 N–H and O–H groups in total. The lowest BCUT2D eigenvalue weighted by molar-refractivity contribution is -0.135. The number of carbonyl (C=O) groups is 2. The SMILES string of the molecule is Cn1c(CN2CCN(C(=O)[C@@H](Cc3ccccc3)NC(=O)Nc3ccc(Cl)cc3)CC2)csc1=N. The van der Waals surface area contributed by atoms with E-state index in [4.69, 9.17) is 17.0 Å². The van der Waals surface area contributed by atoms with E-state index in [1.54, 1.807) is 24.3 Å². The van der Waals surface area contributed by atoms with Crippen molar-refractivity contribution in [2.45, 2.75) is 19.0 Å². The lowest BCUT2D eigenvalue weighted by atomic mass is 10.0. The molecule has 1 aliphatic heterocycles. The third-order valence-corrected chi connectivity index (χ3v) is 7.24. The highest BCUT2D eigenvalue weighted by molar-refractivity contribution is 7.07. The molecule has 1 aliphatic rings. The number of carbonyl (C=O) groups excluding carboxylic acids is 2. The van der Waals surface area contributed by atoms with Crippen molar-refractivity contribution >= 4 is 40.6 Å². The van der Waals surface area contributed by atoms with Gasteiger partial charge in [-0.15, -0.1) is 11.3 Å². The van der Waals surface area contributed by atoms with Crippen molar-refractivity contribution in [3.63, 3.8) is 0 Å². The van der Waals surface area contributed by atoms with Crippen LogP contribution in [0, 0.1) is 5.41 Å². The topological polar surface area (TPSA) is 93.5 Å². The number of hydrogen-bond donors (Lipinski definition) is 3. The van der Waals surface area contributed by atoms with Crippen LogP contribution in [0.25, 0.3) is 0 Å². The Labute approximate surface area is 213 Å². The Morgan fingerprint density at radius 2 is 1.74 bits per heavy atom. The van der Waals surface area contributed by atoms with Gasteiger partial charge in [0.1, 0.15) is 6.04 Å². The van der Waals surface area contributed by atoms with Gasteiger partial charge in [-0.25, -0.2) is 4.79 Å². The molecule has 0 aliphatic carbocycles. The van der Waals surface area contributed by atoms with E-state index in [-0.39, 0.29) is 5.91 Å². The van der Waals surface area contributed by atoms with Crippen LogP contribution in [0.2, 0.25) is 5.02 Å². The van der Waals surface area contributed by atoms with E-state index in [0.29, 0.717) is 35.0 Å². The fourth-order valence-electron chi connectivity index (χ4n) is 4.04. The molecule has 1 atom stereocenters. The molecule has 2 heterocycles. The number of aromatic nitrogens is 1. The highest BCUT2D eigenvalue weighted by atomic mass is 35.5. The van der Waals surface area contributed by atoms with Crippen molar-refractivity contribution in [1.82, 2.24) is 19.7 Å². The molecule has 10 heteroatoms. The second-order valence-electron chi connectivity index (χ2n) is 8.54. The lowest BCUT2D eigenvalue weighted by Crippen LogP contribution is -2.56. The Hall–Kier alpha value is -3.14. The molecule has 1 aromatic heterocycles. The minimum atomic E-state index is -0.684. The molecule has 184 valence electrons. The quantitative estimate of drug-likeness (QED) is 0.453. The Morgan fingerprint density at radius 1 is 1.06 bits per heavy atom. The molecule has 0 radical (unpaired) electrons. The number of nitrogens with zero attached hydrogens (tertiary/aromatic N) is 3. The number of thiazole rings is 1. The number of benzene rings is 2. The Kier molecular flexibility index (Phi) is 8.22. The monoisotopic (exact) mass is 512 g/mol. The largest absolute Gasteiger partial charge is 0.338 e. The molecule has 35 heavy (non-hydrogen) atoms. The second-order valence-corrected chi connectivity index (χ2v) is 9.83. The van der Waals surface area contributed by atoms with Gasteiger partial charge in [-0.2, -0.15) is 0 Å². The molecule has 8 nitrogen and oxygen atoms in total. The second kappa shape index (κ2) is 11.5. The molecule has 0 spiro atoms. The molecule has 3 aromatic rings. The van der Waals surface area contributed by atoms with Gasteiger partial charge in [0.05, 0.1) is 0 Å². The van der Waals surface area contributed by atoms with Gasteiger partial charge >= 0.3 is 6.03 Å². The van der Waals surface area contributed by atoms with Crippen molar-refractivity contribution in [3.05, 3.63) is 81.1 Å². The van der Waals surface area contributed by atoms with Crippen molar-refractivity contribution in [2.24, 2.45) is 7.05 Å². The maximum absolute atomic E-state index is 13.5. The summed E-state index contributed by atoms with van der Waals surface area (Å²) in [6, 6.07) is 15.4. The fourth-order valence-corrected chi connectivity index (χ4v) is 4.92. The van der Waals surface area contributed by atoms with E-state index < -0.39 is 12.1 Å². The van der Waals surface area contributed by atoms with E-state index in [1.807, 2.05) is 52.2 Å². The minimum Gasteiger partial charge on any atom is -0.338 e. The summed E-state index contributed by atoms with van der Waals surface area (Å²) in [5, 5.41) is 16.1. The predicted molar refractivity (Wildman–Crippen MR) is 139 cm³/mol. The van der Waals surface area contributed by atoms with E-state index in [1.165, 1.54) is 11.3 Å². The van der Waals surface area contributed by atoms with Crippen molar-refractivity contribution < 1.29 is 9.59 Å². The van der Waals surface area contributed by atoms with Gasteiger partial charge < -0.3 is 20.1 Å². The molecule has 4 rings (SSSR count). The zero-order valence-corrected chi connectivity index (χ0v) is 21.1. The van der Waals surface area contributed by atoms with Crippen LogP contribution in [0.4, 0.5) is 10.5 Å². The maximum atomic E-state index is 13.5. The molecule has 2 aromatic carbocycles. The summed E-state index contributed by atoms with van der Waals surface area (Å²) < 4.78 is 1.89. The van der Waals surface area contributed by atoms with Crippen LogP contribution in [0.5, 0.6) is 0 Å². The summed E-state index contributed by atoms with van der Waals surface area (Å²) in [5.74, 6) is -0.0886. The number of piperazine rings is 1. The van der Waals surface area contributed by atoms with Crippen LogP contribution in [-0.4, -0.2) is 58.5 Å². The number of hydrogen-bond acceptors (Lipinski definition) is 5. The molecule has 1 saturated heterocycles. The van der Waals surface area contributed by atoms with Crippen LogP contribution >= 0.6 is 22.9 Å². The van der Waals surface area contributed by atoms with Crippen LogP contribution in [0.15, 0.2) is 60.0 Å². The first-order valence-corrected chi connectivity index (χ1v) is 12.7. The Balaban J connectivity index is 1.39. The summed E-state index contributed by atoms with van der Waals surface area (Å²) in [4.78, 5) is 30.8. The third-order valence-electron chi connectivity index (χ3n) is 6.10. The van der Waals surface area contributed by atoms with Crippen molar-refractivity contribution in [2.75, 3.05) is 31.5 Å². The van der Waals surface area contributed by atoms with Gasteiger partial charge in [0.25, 0.3) is 0 Å². The van der Waals surface area contributed by atoms with Gasteiger partial charge in [-0.1, -0.05) is 41.9 Å². The van der Waals surface area contributed by atoms with Crippen LogP contribution in [0.1, 0.15) is 11.3 Å². The number of nitrogens with one attached hydrogen (secondary N) is 3. The molecule has 0 bridgehead atoms. The molecule has 0 saturated carbocycles. The number of amides is 3. The first kappa shape index (κ1) is 25.0. The smallest absolute Gasteiger partial charge is 0.319 e. The average molecular weight is 513 g/mol. The average Bonchev–Trinajstić information content (AvgIpc) is 3.18. The zero-order valence-electron chi connectivity index (χ0n) is 19.5. The number of urea groups is 1. The number of halogens is 1. The van der Waals surface area contributed by atoms with Gasteiger partial charge in [0.15, 0.2) is 4.80 Å². The van der Waals surface area contributed by atoms with Gasteiger partial charge in [-0.3, -0.25) is 15.1 Å². The van der Waals surface area contributed by atoms with Gasteiger partial charge in [0, 0.05) is 68.0 Å². The normalized spacial score (nSPS) is 15.0. The van der Waals surface area contributed by atoms with Gasteiger partial charge in [-0.05, 0) is 29.8 Å². The highest BCUT2D eigenvalue weighted by Crippen LogP contribution is 2.15. The third kappa shape index (κ3) is 6.72. The first-order chi connectivity index (χ1) is 16.9. The summed E-state index contributed by atoms with van der Waals surface area (Å²) >= 11 is 7.35. The van der Waals surface area contributed by atoms with Crippen molar-refractivity contribution in [1.29, 1.82) is 5.41 Å². The summed E-state index contributed by atoms with van der Waals surface area (Å²) in [5.41, 5.74) is 2.68.